The van der Waals surface area contributed by atoms with Gasteiger partial charge in [0.15, 0.2) is 0 Å². The third-order valence-electron chi connectivity index (χ3n) is 7.01. The number of H-pyrrole nitrogens is 1. The Morgan fingerprint density at radius 1 is 1.26 bits per heavy atom. The summed E-state index contributed by atoms with van der Waals surface area (Å²) >= 11 is 6.04. The van der Waals surface area contributed by atoms with Crippen LogP contribution in [0.5, 0.6) is 0 Å². The second-order valence-electron chi connectivity index (χ2n) is 9.58. The molecule has 34 heavy (non-hydrogen) atoms. The summed E-state index contributed by atoms with van der Waals surface area (Å²) in [6.45, 7) is 4.59. The normalized spacial score (nSPS) is 17.1. The predicted molar refractivity (Wildman–Crippen MR) is 138 cm³/mol. The zero-order valence-corrected chi connectivity index (χ0v) is 21.0. The van der Waals surface area contributed by atoms with Crippen LogP contribution >= 0.6 is 11.6 Å². The molecule has 3 N–H and O–H groups in total. The first kappa shape index (κ1) is 24.7. The van der Waals surface area contributed by atoms with E-state index in [4.69, 9.17) is 11.6 Å². The molecule has 1 amide bonds. The van der Waals surface area contributed by atoms with Gasteiger partial charge >= 0.3 is 0 Å². The smallest absolute Gasteiger partial charge is 0.255 e. The molecular weight excluding hydrogens is 448 g/mol. The Hall–Kier alpha value is -2.38. The van der Waals surface area contributed by atoms with E-state index in [-0.39, 0.29) is 18.0 Å². The van der Waals surface area contributed by atoms with E-state index < -0.39 is 6.10 Å². The lowest BCUT2D eigenvalue weighted by Gasteiger charge is -2.35. The highest BCUT2D eigenvalue weighted by molar-refractivity contribution is 6.30. The number of fused-ring (bicyclic) bond motifs is 1. The first-order valence-corrected chi connectivity index (χ1v) is 12.4. The van der Waals surface area contributed by atoms with Crippen LogP contribution in [0.15, 0.2) is 48.7 Å². The fourth-order valence-corrected chi connectivity index (χ4v) is 5.04. The molecular formula is C27H35ClN4O2. The van der Waals surface area contributed by atoms with Crippen molar-refractivity contribution in [3.8, 4) is 0 Å². The second kappa shape index (κ2) is 10.9. The molecule has 2 aromatic carbocycles. The number of aromatic amines is 1. The summed E-state index contributed by atoms with van der Waals surface area (Å²) in [5, 5.41) is 15.6. The van der Waals surface area contributed by atoms with Gasteiger partial charge in [-0.1, -0.05) is 35.9 Å². The topological polar surface area (TPSA) is 71.6 Å². The van der Waals surface area contributed by atoms with Crippen LogP contribution < -0.4 is 5.32 Å². The number of hydrogen-bond donors (Lipinski definition) is 3. The van der Waals surface area contributed by atoms with Crippen LogP contribution in [0, 0.1) is 0 Å². The molecule has 1 saturated heterocycles. The van der Waals surface area contributed by atoms with Gasteiger partial charge in [-0.25, -0.2) is 0 Å². The van der Waals surface area contributed by atoms with Crippen LogP contribution in [0.25, 0.3) is 10.9 Å². The number of likely N-dealkylation sites (tertiary alicyclic amines) is 1. The van der Waals surface area contributed by atoms with Gasteiger partial charge in [-0.15, -0.1) is 0 Å². The van der Waals surface area contributed by atoms with Crippen molar-refractivity contribution in [2.45, 2.75) is 44.4 Å². The van der Waals surface area contributed by atoms with Crippen molar-refractivity contribution < 1.29 is 9.90 Å². The van der Waals surface area contributed by atoms with Gasteiger partial charge < -0.3 is 25.2 Å². The maximum Gasteiger partial charge on any atom is 0.255 e. The van der Waals surface area contributed by atoms with Crippen LogP contribution in [-0.4, -0.2) is 71.6 Å². The van der Waals surface area contributed by atoms with Crippen LogP contribution in [0.2, 0.25) is 5.02 Å². The van der Waals surface area contributed by atoms with E-state index in [1.807, 2.05) is 42.4 Å². The number of aliphatic hydroxyl groups is 1. The molecule has 6 nitrogen and oxygen atoms in total. The number of hydrogen-bond acceptors (Lipinski definition) is 4. The van der Waals surface area contributed by atoms with E-state index in [0.717, 1.165) is 59.9 Å². The van der Waals surface area contributed by atoms with E-state index in [1.54, 1.807) is 12.1 Å². The van der Waals surface area contributed by atoms with Crippen LogP contribution in [0.4, 0.5) is 0 Å². The van der Waals surface area contributed by atoms with Crippen molar-refractivity contribution in [1.29, 1.82) is 0 Å². The summed E-state index contributed by atoms with van der Waals surface area (Å²) in [4.78, 5) is 20.9. The Labute approximate surface area is 206 Å². The number of carbonyl (C=O) groups is 1. The largest absolute Gasteiger partial charge is 0.387 e. The minimum Gasteiger partial charge on any atom is -0.387 e. The first-order chi connectivity index (χ1) is 16.3. The molecule has 7 heteroatoms. The summed E-state index contributed by atoms with van der Waals surface area (Å²) in [5.74, 6) is 0.0735. The number of rotatable bonds is 8. The van der Waals surface area contributed by atoms with Crippen molar-refractivity contribution in [3.05, 3.63) is 70.4 Å². The molecule has 1 aromatic heterocycles. The Bertz CT molecular complexity index is 1120. The van der Waals surface area contributed by atoms with E-state index in [0.29, 0.717) is 11.6 Å². The Balaban J connectivity index is 1.41. The van der Waals surface area contributed by atoms with Crippen LogP contribution in [0.3, 0.4) is 0 Å². The molecule has 4 rings (SSSR count). The first-order valence-electron chi connectivity index (χ1n) is 12.0. The summed E-state index contributed by atoms with van der Waals surface area (Å²) in [7, 11) is 4.06. The molecule has 0 bridgehead atoms. The molecule has 1 aliphatic heterocycles. The lowest BCUT2D eigenvalue weighted by atomic mass is 10.0. The number of para-hydroxylation sites is 1. The highest BCUT2D eigenvalue weighted by Gasteiger charge is 2.26. The van der Waals surface area contributed by atoms with Gasteiger partial charge in [-0.05, 0) is 75.6 Å². The van der Waals surface area contributed by atoms with E-state index >= 15 is 0 Å². The summed E-state index contributed by atoms with van der Waals surface area (Å²) in [5.41, 5.74) is 3.58. The lowest BCUT2D eigenvalue weighted by molar-refractivity contribution is 0.0661. The lowest BCUT2D eigenvalue weighted by Crippen LogP contribution is -2.44. The molecule has 2 heterocycles. The number of aromatic nitrogens is 1. The molecule has 2 atom stereocenters. The molecule has 0 spiro atoms. The van der Waals surface area contributed by atoms with Gasteiger partial charge in [0.1, 0.15) is 0 Å². The number of nitrogens with one attached hydrogen (secondary N) is 2. The molecule has 0 aliphatic carbocycles. The number of amides is 1. The Morgan fingerprint density at radius 2 is 2.00 bits per heavy atom. The van der Waals surface area contributed by atoms with Gasteiger partial charge in [0.25, 0.3) is 5.91 Å². The minimum atomic E-state index is -0.622. The number of aliphatic hydroxyl groups excluding tert-OH is 1. The van der Waals surface area contributed by atoms with Crippen molar-refractivity contribution in [3.63, 3.8) is 0 Å². The molecule has 182 valence electrons. The van der Waals surface area contributed by atoms with Gasteiger partial charge in [0, 0.05) is 42.3 Å². The molecule has 1 fully saturated rings. The highest BCUT2D eigenvalue weighted by atomic mass is 35.5. The highest BCUT2D eigenvalue weighted by Crippen LogP contribution is 2.26. The molecule has 0 saturated carbocycles. The van der Waals surface area contributed by atoms with E-state index in [2.05, 4.69) is 35.2 Å². The van der Waals surface area contributed by atoms with Gasteiger partial charge in [-0.2, -0.15) is 0 Å². The van der Waals surface area contributed by atoms with Gasteiger partial charge in [0.05, 0.1) is 17.2 Å². The Morgan fingerprint density at radius 3 is 2.74 bits per heavy atom. The number of nitrogens with zero attached hydrogens (tertiary/aromatic N) is 2. The third-order valence-corrected chi connectivity index (χ3v) is 7.24. The number of halogens is 1. The second-order valence-corrected chi connectivity index (χ2v) is 10.0. The number of benzene rings is 2. The van der Waals surface area contributed by atoms with Crippen molar-refractivity contribution >= 4 is 28.4 Å². The number of carbonyl (C=O) groups excluding carboxylic acids is 1. The maximum atomic E-state index is 13.3. The quantitative estimate of drug-likeness (QED) is 0.449. The average Bonchev–Trinajstić information content (AvgIpc) is 3.25. The zero-order chi connectivity index (χ0) is 24.2. The number of piperidine rings is 1. The summed E-state index contributed by atoms with van der Waals surface area (Å²) in [6, 6.07) is 13.7. The minimum absolute atomic E-state index is 0.0735. The van der Waals surface area contributed by atoms with Gasteiger partial charge in [0.2, 0.25) is 0 Å². The molecule has 0 radical (unpaired) electrons. The standard InChI is InChI=1S/C27H35ClN4O2/c1-18(29-17-25(33)19-6-4-7-21(28)15-19)14-20-16-30-26-23(20)8-5-9-24(26)27(34)32(3)22-10-12-31(2)13-11-22/h4-9,15-16,18,22,25,29-30,33H,10-14,17H2,1-3H3/t18-,25-/m1/s1. The maximum absolute atomic E-state index is 13.3. The van der Waals surface area contributed by atoms with Crippen LogP contribution in [0.1, 0.15) is 47.4 Å². The molecule has 0 unspecified atom stereocenters. The third kappa shape index (κ3) is 5.63. The summed E-state index contributed by atoms with van der Waals surface area (Å²) in [6.07, 6.45) is 4.18. The van der Waals surface area contributed by atoms with Gasteiger partial charge in [-0.3, -0.25) is 4.79 Å². The van der Waals surface area contributed by atoms with E-state index in [1.165, 1.54) is 0 Å². The molecule has 1 aliphatic rings. The summed E-state index contributed by atoms with van der Waals surface area (Å²) < 4.78 is 0. The fourth-order valence-electron chi connectivity index (χ4n) is 4.84. The predicted octanol–water partition coefficient (Wildman–Crippen LogP) is 4.24. The van der Waals surface area contributed by atoms with Crippen molar-refractivity contribution in [1.82, 2.24) is 20.1 Å². The van der Waals surface area contributed by atoms with Crippen molar-refractivity contribution in [2.24, 2.45) is 0 Å². The van der Waals surface area contributed by atoms with Crippen LogP contribution in [-0.2, 0) is 6.42 Å². The SMILES string of the molecule is C[C@H](Cc1c[nH]c2c(C(=O)N(C)C3CCN(C)CC3)cccc12)NC[C@@H](O)c1cccc(Cl)c1. The van der Waals surface area contributed by atoms with E-state index in [9.17, 15) is 9.90 Å². The Kier molecular flexibility index (Phi) is 7.94. The monoisotopic (exact) mass is 482 g/mol. The average molecular weight is 483 g/mol. The fraction of sp³-hybridized carbons (Fsp3) is 0.444. The molecule has 3 aromatic rings. The zero-order valence-electron chi connectivity index (χ0n) is 20.2. The van der Waals surface area contributed by atoms with Crippen molar-refractivity contribution in [2.75, 3.05) is 33.7 Å².